The topological polar surface area (TPSA) is 227 Å². The van der Waals surface area contributed by atoms with Gasteiger partial charge in [0.1, 0.15) is 12.1 Å². The van der Waals surface area contributed by atoms with E-state index in [1.54, 1.807) is 14.7 Å². The van der Waals surface area contributed by atoms with Crippen LogP contribution < -0.4 is 10.1 Å². The van der Waals surface area contributed by atoms with E-state index in [0.717, 1.165) is 65.3 Å². The van der Waals surface area contributed by atoms with Crippen LogP contribution in [0.3, 0.4) is 0 Å². The van der Waals surface area contributed by atoms with E-state index >= 15 is 0 Å². The van der Waals surface area contributed by atoms with Gasteiger partial charge in [0.25, 0.3) is 0 Å². The normalized spacial score (nSPS) is 14.3. The van der Waals surface area contributed by atoms with Crippen LogP contribution in [-0.2, 0) is 33.5 Å². The largest absolute Gasteiger partial charge is 0.480 e. The van der Waals surface area contributed by atoms with Crippen molar-refractivity contribution in [2.45, 2.75) is 118 Å². The number of aliphatic hydroxyl groups is 1. The molecule has 0 spiro atoms. The third-order valence-corrected chi connectivity index (χ3v) is 9.44. The van der Waals surface area contributed by atoms with Crippen LogP contribution in [0.5, 0.6) is 5.75 Å². The number of carbonyl (C=O) groups excluding carboxylic acids is 3. The van der Waals surface area contributed by atoms with E-state index in [-0.39, 0.29) is 37.7 Å². The van der Waals surface area contributed by atoms with Gasteiger partial charge in [-0.05, 0) is 39.0 Å². The average Bonchev–Trinajstić information content (AvgIpc) is 3.26. The second-order valence-corrected chi connectivity index (χ2v) is 15.0. The number of carbonyl (C=O) groups is 6. The highest BCUT2D eigenvalue weighted by atomic mass is 19.2. The van der Waals surface area contributed by atoms with Gasteiger partial charge in [-0.1, -0.05) is 66.7 Å². The molecule has 0 radical (unpaired) electrons. The van der Waals surface area contributed by atoms with E-state index < -0.39 is 47.1 Å². The number of ether oxygens (including phenoxy) is 2. The smallest absolute Gasteiger partial charge is 0.317 e. The molecule has 2 rings (SSSR count). The Balaban J connectivity index is -0.000000920. The number of esters is 1. The Morgan fingerprint density at radius 2 is 1.15 bits per heavy atom. The molecule has 1 fully saturated rings. The molecule has 1 atom stereocenters. The van der Waals surface area contributed by atoms with Crippen LogP contribution in [0.4, 0.5) is 13.2 Å². The van der Waals surface area contributed by atoms with Gasteiger partial charge in [0.05, 0.1) is 25.7 Å². The van der Waals surface area contributed by atoms with Crippen LogP contribution in [0.2, 0.25) is 0 Å². The number of benzene rings is 1. The maximum Gasteiger partial charge on any atom is 0.317 e. The Morgan fingerprint density at radius 1 is 0.677 bits per heavy atom. The summed E-state index contributed by atoms with van der Waals surface area (Å²) in [5, 5.41) is 37.1. The van der Waals surface area contributed by atoms with Crippen molar-refractivity contribution >= 4 is 36.6 Å². The van der Waals surface area contributed by atoms with E-state index in [9.17, 15) is 52.2 Å². The highest BCUT2D eigenvalue weighted by Crippen LogP contribution is 2.27. The van der Waals surface area contributed by atoms with Crippen molar-refractivity contribution in [3.63, 3.8) is 0 Å². The predicted octanol–water partition coefficient (Wildman–Crippen LogP) is 5.08. The van der Waals surface area contributed by atoms with Crippen molar-refractivity contribution < 1.29 is 71.8 Å². The molecular weight excluding hydrogens is 860 g/mol. The van der Waals surface area contributed by atoms with Crippen LogP contribution in [0, 0.1) is 24.4 Å². The molecule has 1 aromatic carbocycles. The highest BCUT2D eigenvalue weighted by molar-refractivity contribution is 5.73. The second kappa shape index (κ2) is 43.7. The zero-order chi connectivity index (χ0) is 50.0. The van der Waals surface area contributed by atoms with Gasteiger partial charge in [0.15, 0.2) is 11.6 Å². The van der Waals surface area contributed by atoms with Crippen LogP contribution in [0.25, 0.3) is 0 Å². The minimum Gasteiger partial charge on any atom is -0.480 e. The first-order valence-corrected chi connectivity index (χ1v) is 22.6. The number of rotatable bonds is 24. The van der Waals surface area contributed by atoms with E-state index in [1.807, 2.05) is 25.7 Å². The molecule has 0 aliphatic carbocycles. The van der Waals surface area contributed by atoms with Gasteiger partial charge in [-0.25, -0.2) is 8.78 Å². The Kier molecular flexibility index (Phi) is 43.7. The van der Waals surface area contributed by atoms with Crippen molar-refractivity contribution in [2.75, 3.05) is 98.9 Å². The summed E-state index contributed by atoms with van der Waals surface area (Å²) in [6.45, 7) is 16.9. The average molecular weight is 940 g/mol. The van der Waals surface area contributed by atoms with Gasteiger partial charge in [-0.2, -0.15) is 4.39 Å². The zero-order valence-electron chi connectivity index (χ0n) is 40.0. The molecule has 20 heteroatoms. The zero-order valence-corrected chi connectivity index (χ0v) is 40.0. The molecule has 0 saturated carbocycles. The van der Waals surface area contributed by atoms with Crippen LogP contribution in [0.15, 0.2) is 6.07 Å². The first-order chi connectivity index (χ1) is 31.0. The van der Waals surface area contributed by atoms with E-state index in [4.69, 9.17) is 19.7 Å². The van der Waals surface area contributed by atoms with Gasteiger partial charge in [-0.3, -0.25) is 43.6 Å². The molecule has 378 valence electrons. The summed E-state index contributed by atoms with van der Waals surface area (Å²) in [5.74, 6) is -7.91. The summed E-state index contributed by atoms with van der Waals surface area (Å²) < 4.78 is 49.5. The quantitative estimate of drug-likeness (QED) is 0.0299. The summed E-state index contributed by atoms with van der Waals surface area (Å²) in [6.07, 6.45) is 11.6. The number of nitrogens with zero attached hydrogens (tertiary/aromatic N) is 4. The number of carboxylic acid groups (broad SMARTS) is 3. The van der Waals surface area contributed by atoms with Crippen LogP contribution >= 0.6 is 0 Å². The number of nitrogens with one attached hydrogen (secondary N) is 1. The molecule has 0 bridgehead atoms. The van der Waals surface area contributed by atoms with Crippen molar-refractivity contribution in [3.8, 4) is 5.75 Å². The molecule has 0 aromatic heterocycles. The molecule has 5 N–H and O–H groups in total. The maximum absolute atomic E-state index is 13.4. The Labute approximate surface area is 384 Å². The van der Waals surface area contributed by atoms with Gasteiger partial charge < -0.3 is 40.0 Å². The fraction of sp³-hybridized carbons (Fsp3) is 0.733. The molecule has 17 nitrogen and oxygen atoms in total. The van der Waals surface area contributed by atoms with E-state index in [1.165, 1.54) is 26.2 Å². The minimum atomic E-state index is -1.37. The monoisotopic (exact) mass is 940 g/mol. The Hall–Kier alpha value is -4.21. The number of hydrogen-bond donors (Lipinski definition) is 5. The number of carboxylic acids is 3. The number of unbranched alkanes of at least 4 members (excludes halogenated alkanes) is 4. The lowest BCUT2D eigenvalue weighted by molar-refractivity contribution is -0.140. The van der Waals surface area contributed by atoms with Crippen LogP contribution in [0.1, 0.15) is 111 Å². The van der Waals surface area contributed by atoms with E-state index in [2.05, 4.69) is 19.2 Å². The first kappa shape index (κ1) is 65.1. The maximum atomic E-state index is 13.4. The summed E-state index contributed by atoms with van der Waals surface area (Å²) in [4.78, 5) is 73.3. The third-order valence-electron chi connectivity index (χ3n) is 9.44. The number of amides is 1. The number of aliphatic carboxylic acids is 3. The Morgan fingerprint density at radius 3 is 1.54 bits per heavy atom. The molecule has 1 heterocycles. The molecular formula is C45H80F3N5O12. The van der Waals surface area contributed by atoms with Crippen molar-refractivity contribution in [1.29, 1.82) is 0 Å². The summed E-state index contributed by atoms with van der Waals surface area (Å²) in [7, 11) is 1.00. The number of aliphatic hydroxyl groups excluding tert-OH is 1. The van der Waals surface area contributed by atoms with Crippen molar-refractivity contribution in [1.82, 2.24) is 24.9 Å². The number of halogens is 3. The Bertz CT molecular complexity index is 1370. The van der Waals surface area contributed by atoms with Crippen molar-refractivity contribution in [2.24, 2.45) is 0 Å². The molecule has 1 aromatic rings. The van der Waals surface area contributed by atoms with Gasteiger partial charge in [-0.15, -0.1) is 0 Å². The first-order valence-electron chi connectivity index (χ1n) is 22.6. The lowest BCUT2D eigenvalue weighted by atomic mass is 10.1. The van der Waals surface area contributed by atoms with Gasteiger partial charge >= 0.3 is 23.9 Å². The molecule has 1 aliphatic rings. The molecule has 1 amide bonds. The van der Waals surface area contributed by atoms with Gasteiger partial charge in [0.2, 0.25) is 12.2 Å². The summed E-state index contributed by atoms with van der Waals surface area (Å²) in [6, 6.07) is 0.124. The number of hydrogen-bond acceptors (Lipinski definition) is 13. The standard InChI is InChI=1S/C19H34N4O7.C13H15F3O2.C8H18O.C4H9NO.CH4O/c1-2-3-16(15-24)23-10-8-21(13-18(27)28)6-4-20(12-17(25)26)5-7-22(9-11-23)14-19(29)30;1-3-4-5-6-11(17)18-13-8(2)9(14)7-10(15)12(13)16;1-3-5-6-8-9-7-4-2;1-2-3-5-4-6;1-2/h15-16H,2-14H2,1H3,(H,25,26)(H,27,28)(H,29,30);7H,3-6H2,1-2H3;3-8H2,1-2H3;4H,2-3H2,1H3,(H,5,6);2H,1H3. The third kappa shape index (κ3) is 35.7. The van der Waals surface area contributed by atoms with E-state index in [0.29, 0.717) is 77.7 Å². The molecule has 1 unspecified atom stereocenters. The predicted molar refractivity (Wildman–Crippen MR) is 243 cm³/mol. The van der Waals surface area contributed by atoms with Gasteiger partial charge in [0, 0.05) is 97.3 Å². The fourth-order valence-electron chi connectivity index (χ4n) is 5.94. The highest BCUT2D eigenvalue weighted by Gasteiger charge is 2.24. The second-order valence-electron chi connectivity index (χ2n) is 15.0. The summed E-state index contributed by atoms with van der Waals surface area (Å²) >= 11 is 0. The van der Waals surface area contributed by atoms with Crippen molar-refractivity contribution in [3.05, 3.63) is 29.1 Å². The molecule has 1 saturated heterocycles. The van der Waals surface area contributed by atoms with Crippen LogP contribution in [-0.4, -0.2) is 182 Å². The lowest BCUT2D eigenvalue weighted by Crippen LogP contribution is -2.50. The minimum absolute atomic E-state index is 0.102. The SMILES string of the molecule is CCCC(C=O)N1CCN(CC(=O)O)CCN(CC(=O)O)CCN(CC(=O)O)CC1.CCCCCC(=O)Oc1c(C)c(F)cc(F)c1F.CCCCCOCCC.CCCNC=O.CO. The summed E-state index contributed by atoms with van der Waals surface area (Å²) in [5.41, 5.74) is -0.210. The number of aldehydes is 1. The lowest BCUT2D eigenvalue weighted by Gasteiger charge is -2.35. The fourth-order valence-corrected chi connectivity index (χ4v) is 5.94. The molecule has 65 heavy (non-hydrogen) atoms. The molecule has 1 aliphatic heterocycles.